The third kappa shape index (κ3) is 2.46. The normalized spacial score (nSPS) is 19.9. The van der Waals surface area contributed by atoms with E-state index in [0.29, 0.717) is 11.9 Å². The Hall–Kier alpha value is -1.88. The third-order valence-corrected chi connectivity index (χ3v) is 3.87. The van der Waals surface area contributed by atoms with E-state index in [9.17, 15) is 0 Å². The van der Waals surface area contributed by atoms with Gasteiger partial charge >= 0.3 is 0 Å². The summed E-state index contributed by atoms with van der Waals surface area (Å²) in [7, 11) is 2.19. The smallest absolute Gasteiger partial charge is 0.123 e. The van der Waals surface area contributed by atoms with Gasteiger partial charge in [0.25, 0.3) is 0 Å². The van der Waals surface area contributed by atoms with Gasteiger partial charge in [-0.25, -0.2) is 9.97 Å². The summed E-state index contributed by atoms with van der Waals surface area (Å²) in [5, 5.41) is 0. The molecule has 0 spiro atoms. The highest BCUT2D eigenvalue weighted by molar-refractivity contribution is 5.61. The first-order valence-electron chi connectivity index (χ1n) is 6.66. The van der Waals surface area contributed by atoms with Crippen molar-refractivity contribution >= 4 is 5.82 Å². The van der Waals surface area contributed by atoms with Gasteiger partial charge in [-0.2, -0.15) is 0 Å². The van der Waals surface area contributed by atoms with Crippen LogP contribution in [0.2, 0.25) is 0 Å². The lowest BCUT2D eigenvalue weighted by atomic mass is 10.2. The quantitative estimate of drug-likeness (QED) is 0.907. The molecule has 2 N–H and O–H groups in total. The lowest BCUT2D eigenvalue weighted by Gasteiger charge is -2.21. The van der Waals surface area contributed by atoms with E-state index in [0.717, 1.165) is 17.8 Å². The summed E-state index contributed by atoms with van der Waals surface area (Å²) in [6.45, 7) is 2.17. The fraction of sp³-hybridized carbons (Fsp3) is 0.429. The number of nitrogens with two attached hydrogens (primary N) is 1. The van der Waals surface area contributed by atoms with Crippen molar-refractivity contribution in [1.82, 2.24) is 19.4 Å². The first-order chi connectivity index (χ1) is 9.24. The maximum atomic E-state index is 5.75. The molecule has 1 aliphatic heterocycles. The number of hydrogen-bond donors (Lipinski definition) is 1. The van der Waals surface area contributed by atoms with E-state index >= 15 is 0 Å². The summed E-state index contributed by atoms with van der Waals surface area (Å²) in [5.41, 5.74) is 7.93. The topological polar surface area (TPSA) is 60.0 Å². The summed E-state index contributed by atoms with van der Waals surface area (Å²) >= 11 is 0. The number of imidazole rings is 1. The number of likely N-dealkylation sites (N-methyl/N-ethyl adjacent to an activating group) is 1. The van der Waals surface area contributed by atoms with Crippen LogP contribution in [0.5, 0.6) is 0 Å². The molecule has 0 radical (unpaired) electrons. The van der Waals surface area contributed by atoms with E-state index in [-0.39, 0.29) is 0 Å². The minimum atomic E-state index is 0.545. The molecule has 19 heavy (non-hydrogen) atoms. The second kappa shape index (κ2) is 5.01. The zero-order chi connectivity index (χ0) is 13.2. The molecule has 5 nitrogen and oxygen atoms in total. The van der Waals surface area contributed by atoms with Crippen LogP contribution in [-0.4, -0.2) is 39.1 Å². The molecule has 2 aromatic heterocycles. The first kappa shape index (κ1) is 12.2. The van der Waals surface area contributed by atoms with Crippen LogP contribution in [0.25, 0.3) is 11.3 Å². The lowest BCUT2D eigenvalue weighted by Crippen LogP contribution is -2.29. The van der Waals surface area contributed by atoms with Crippen molar-refractivity contribution in [2.75, 3.05) is 19.3 Å². The van der Waals surface area contributed by atoms with Gasteiger partial charge in [0.1, 0.15) is 5.82 Å². The van der Waals surface area contributed by atoms with Crippen LogP contribution in [0.1, 0.15) is 12.8 Å². The van der Waals surface area contributed by atoms with Gasteiger partial charge in [0.05, 0.1) is 18.2 Å². The van der Waals surface area contributed by atoms with Gasteiger partial charge in [-0.1, -0.05) is 0 Å². The number of hydrogen-bond acceptors (Lipinski definition) is 4. The molecule has 0 saturated carbocycles. The summed E-state index contributed by atoms with van der Waals surface area (Å²) < 4.78 is 2.21. The van der Waals surface area contributed by atoms with E-state index in [1.54, 1.807) is 6.20 Å². The first-order valence-corrected chi connectivity index (χ1v) is 6.66. The Morgan fingerprint density at radius 3 is 3.11 bits per heavy atom. The Bertz CT molecular complexity index is 562. The van der Waals surface area contributed by atoms with Gasteiger partial charge in [-0.15, -0.1) is 0 Å². The van der Waals surface area contributed by atoms with Crippen molar-refractivity contribution in [2.24, 2.45) is 0 Å². The van der Waals surface area contributed by atoms with E-state index in [1.807, 2.05) is 24.7 Å². The Morgan fingerprint density at radius 1 is 1.47 bits per heavy atom. The number of nitrogens with zero attached hydrogens (tertiary/aromatic N) is 4. The van der Waals surface area contributed by atoms with E-state index in [2.05, 4.69) is 26.5 Å². The van der Waals surface area contributed by atoms with Crippen LogP contribution in [0, 0.1) is 0 Å². The number of pyridine rings is 1. The van der Waals surface area contributed by atoms with E-state index in [4.69, 9.17) is 5.73 Å². The molecule has 3 rings (SSSR count). The minimum Gasteiger partial charge on any atom is -0.384 e. The number of anilines is 1. The van der Waals surface area contributed by atoms with E-state index in [1.165, 1.54) is 19.4 Å². The van der Waals surface area contributed by atoms with Crippen LogP contribution in [0.3, 0.4) is 0 Å². The Labute approximate surface area is 113 Å². The highest BCUT2D eigenvalue weighted by atomic mass is 15.2. The van der Waals surface area contributed by atoms with E-state index < -0.39 is 0 Å². The number of rotatable bonds is 3. The maximum absolute atomic E-state index is 5.75. The average Bonchev–Trinajstić information content (AvgIpc) is 3.00. The van der Waals surface area contributed by atoms with Crippen LogP contribution in [-0.2, 0) is 6.54 Å². The zero-order valence-electron chi connectivity index (χ0n) is 11.2. The fourth-order valence-corrected chi connectivity index (χ4v) is 2.75. The Balaban J connectivity index is 1.86. The highest BCUT2D eigenvalue weighted by Gasteiger charge is 2.22. The molecule has 1 aliphatic rings. The number of likely N-dealkylation sites (tertiary alicyclic amines) is 1. The fourth-order valence-electron chi connectivity index (χ4n) is 2.75. The zero-order valence-corrected chi connectivity index (χ0v) is 11.2. The minimum absolute atomic E-state index is 0.545. The van der Waals surface area contributed by atoms with Gasteiger partial charge in [-0.3, -0.25) is 0 Å². The van der Waals surface area contributed by atoms with Crippen molar-refractivity contribution < 1.29 is 0 Å². The van der Waals surface area contributed by atoms with Gasteiger partial charge < -0.3 is 15.2 Å². The predicted molar refractivity (Wildman–Crippen MR) is 75.5 cm³/mol. The van der Waals surface area contributed by atoms with Crippen molar-refractivity contribution in [3.63, 3.8) is 0 Å². The van der Waals surface area contributed by atoms with Crippen LogP contribution in [0.15, 0.2) is 30.9 Å². The molecule has 2 aromatic rings. The summed E-state index contributed by atoms with van der Waals surface area (Å²) in [6.07, 6.45) is 8.07. The standard InChI is InChI=1S/C14H19N5/c1-18-6-2-3-12(18)9-19-10-16-8-13(19)11-4-5-17-14(15)7-11/h4-5,7-8,10,12H,2-3,6,9H2,1H3,(H2,15,17). The molecule has 3 heterocycles. The molecule has 100 valence electrons. The van der Waals surface area contributed by atoms with Crippen molar-refractivity contribution in [3.05, 3.63) is 30.9 Å². The largest absolute Gasteiger partial charge is 0.384 e. The van der Waals surface area contributed by atoms with Crippen LogP contribution < -0.4 is 5.73 Å². The second-order valence-corrected chi connectivity index (χ2v) is 5.18. The number of nitrogen functional groups attached to an aromatic ring is 1. The van der Waals surface area contributed by atoms with Crippen molar-refractivity contribution in [2.45, 2.75) is 25.4 Å². The molecule has 0 aliphatic carbocycles. The van der Waals surface area contributed by atoms with Crippen LogP contribution >= 0.6 is 0 Å². The highest BCUT2D eigenvalue weighted by Crippen LogP contribution is 2.23. The molecular weight excluding hydrogens is 238 g/mol. The third-order valence-electron chi connectivity index (χ3n) is 3.87. The van der Waals surface area contributed by atoms with Crippen molar-refractivity contribution in [3.8, 4) is 11.3 Å². The number of aromatic nitrogens is 3. The molecule has 0 aromatic carbocycles. The van der Waals surface area contributed by atoms with Crippen LogP contribution in [0.4, 0.5) is 5.82 Å². The molecule has 5 heteroatoms. The second-order valence-electron chi connectivity index (χ2n) is 5.18. The SMILES string of the molecule is CN1CCCC1Cn1cncc1-c1ccnc(N)c1. The molecule has 1 unspecified atom stereocenters. The van der Waals surface area contributed by atoms with Crippen molar-refractivity contribution in [1.29, 1.82) is 0 Å². The predicted octanol–water partition coefficient (Wildman–Crippen LogP) is 1.62. The molecule has 1 atom stereocenters. The van der Waals surface area contributed by atoms with Gasteiger partial charge in [0, 0.05) is 24.3 Å². The average molecular weight is 257 g/mol. The molecule has 0 amide bonds. The lowest BCUT2D eigenvalue weighted by molar-refractivity contribution is 0.283. The molecule has 0 bridgehead atoms. The van der Waals surface area contributed by atoms with Gasteiger partial charge in [0.2, 0.25) is 0 Å². The summed E-state index contributed by atoms with van der Waals surface area (Å²) in [5.74, 6) is 0.545. The molecule has 1 saturated heterocycles. The van der Waals surface area contributed by atoms with Gasteiger partial charge in [-0.05, 0) is 38.6 Å². The Kier molecular flexibility index (Phi) is 3.21. The maximum Gasteiger partial charge on any atom is 0.123 e. The molecule has 1 fully saturated rings. The monoisotopic (exact) mass is 257 g/mol. The summed E-state index contributed by atoms with van der Waals surface area (Å²) in [6, 6.07) is 4.47. The molecular formula is C14H19N5. The Morgan fingerprint density at radius 2 is 2.37 bits per heavy atom. The van der Waals surface area contributed by atoms with Gasteiger partial charge in [0.15, 0.2) is 0 Å². The summed E-state index contributed by atoms with van der Waals surface area (Å²) in [4.78, 5) is 10.7.